The van der Waals surface area contributed by atoms with E-state index in [-0.39, 0.29) is 16.8 Å². The highest BCUT2D eigenvalue weighted by molar-refractivity contribution is 6.29. The lowest BCUT2D eigenvalue weighted by Gasteiger charge is -2.31. The Morgan fingerprint density at radius 2 is 2.00 bits per heavy atom. The quantitative estimate of drug-likeness (QED) is 0.833. The molecule has 1 aliphatic heterocycles. The van der Waals surface area contributed by atoms with Crippen molar-refractivity contribution in [3.8, 4) is 0 Å². The van der Waals surface area contributed by atoms with E-state index in [9.17, 15) is 9.59 Å². The van der Waals surface area contributed by atoms with E-state index in [1.54, 1.807) is 13.0 Å². The average molecular weight is 344 g/mol. The highest BCUT2D eigenvalue weighted by Gasteiger charge is 2.25. The van der Waals surface area contributed by atoms with Gasteiger partial charge in [0.05, 0.1) is 0 Å². The molecule has 0 unspecified atom stereocenters. The van der Waals surface area contributed by atoms with Gasteiger partial charge in [0.15, 0.2) is 0 Å². The first-order valence-corrected chi connectivity index (χ1v) is 8.32. The van der Waals surface area contributed by atoms with Crippen molar-refractivity contribution < 1.29 is 9.53 Å². The molecule has 0 radical (unpaired) electrons. The number of ether oxygens (including phenoxy) is 1. The second-order valence-corrected chi connectivity index (χ2v) is 6.61. The number of aryl methyl sites for hydroxylation is 1. The maximum absolute atomic E-state index is 11.7. The molecule has 0 atom stereocenters. The van der Waals surface area contributed by atoms with Crippen molar-refractivity contribution >= 4 is 17.7 Å². The van der Waals surface area contributed by atoms with Gasteiger partial charge in [-0.15, -0.1) is 0 Å². The molecule has 1 N–H and O–H groups in total. The topological polar surface area (TPSA) is 75.3 Å². The number of halogens is 1. The molecule has 2 rings (SSSR count). The Balaban J connectivity index is 0.000000253. The van der Waals surface area contributed by atoms with Gasteiger partial charge in [0.2, 0.25) is 0 Å². The number of carbonyl (C=O) groups is 1. The molecular weight excluding hydrogens is 318 g/mol. The van der Waals surface area contributed by atoms with Crippen LogP contribution in [0, 0.1) is 6.92 Å². The summed E-state index contributed by atoms with van der Waals surface area (Å²) in [6.07, 6.45) is 4.17. The van der Waals surface area contributed by atoms with E-state index >= 15 is 0 Å². The maximum atomic E-state index is 11.7. The van der Waals surface area contributed by atoms with E-state index in [1.165, 1.54) is 6.42 Å². The largest absolute Gasteiger partial charge is 0.443 e. The van der Waals surface area contributed by atoms with Gasteiger partial charge in [-0.25, -0.2) is 9.59 Å². The van der Waals surface area contributed by atoms with Gasteiger partial charge < -0.3 is 14.6 Å². The van der Waals surface area contributed by atoms with Crippen molar-refractivity contribution in [3.05, 3.63) is 27.4 Å². The molecule has 1 aromatic heterocycles. The van der Waals surface area contributed by atoms with Crippen LogP contribution in [-0.4, -0.2) is 39.7 Å². The standard InChI is InChI=1S/C11H21NO2.C5H5ClN2O/c1-4-11(2,3)14-10(13)12-8-6-5-7-9-12;1-3-2-4(6)8-5(9)7-3/h4-9H2,1-3H3;2H,1H3,(H,7,8,9). The fourth-order valence-electron chi connectivity index (χ4n) is 1.99. The molecule has 0 bridgehead atoms. The molecule has 0 aromatic carbocycles. The van der Waals surface area contributed by atoms with E-state index in [2.05, 4.69) is 9.97 Å². The van der Waals surface area contributed by atoms with Crippen LogP contribution >= 0.6 is 11.6 Å². The van der Waals surface area contributed by atoms with Crippen molar-refractivity contribution in [1.82, 2.24) is 14.9 Å². The highest BCUT2D eigenvalue weighted by Crippen LogP contribution is 2.17. The average Bonchev–Trinajstić information content (AvgIpc) is 2.47. The summed E-state index contributed by atoms with van der Waals surface area (Å²) in [5.74, 6) is 0. The molecule has 1 amide bonds. The third-order valence-corrected chi connectivity index (χ3v) is 3.87. The zero-order chi connectivity index (χ0) is 17.5. The molecule has 7 heteroatoms. The number of nitrogens with zero attached hydrogens (tertiary/aromatic N) is 2. The summed E-state index contributed by atoms with van der Waals surface area (Å²) in [6, 6.07) is 1.59. The van der Waals surface area contributed by atoms with Crippen LogP contribution in [0.2, 0.25) is 5.15 Å². The lowest BCUT2D eigenvalue weighted by molar-refractivity contribution is 0.00844. The molecular formula is C16H26ClN3O3. The van der Waals surface area contributed by atoms with E-state index in [1.807, 2.05) is 25.7 Å². The predicted octanol–water partition coefficient (Wildman–Crippen LogP) is 3.53. The number of piperidine rings is 1. The Bertz CT molecular complexity index is 543. The minimum atomic E-state index is -0.403. The lowest BCUT2D eigenvalue weighted by atomic mass is 10.1. The first kappa shape index (κ1) is 19.5. The second-order valence-electron chi connectivity index (χ2n) is 6.22. The summed E-state index contributed by atoms with van der Waals surface area (Å²) in [5, 5.41) is 0.233. The molecule has 6 nitrogen and oxygen atoms in total. The third-order valence-electron chi connectivity index (χ3n) is 3.68. The number of amides is 1. The van der Waals surface area contributed by atoms with E-state index in [0.717, 1.165) is 38.0 Å². The molecule has 0 saturated carbocycles. The van der Waals surface area contributed by atoms with Crippen LogP contribution in [0.1, 0.15) is 52.1 Å². The predicted molar refractivity (Wildman–Crippen MR) is 90.9 cm³/mol. The summed E-state index contributed by atoms with van der Waals surface area (Å²) in [6.45, 7) is 9.40. The van der Waals surface area contributed by atoms with Gasteiger partial charge in [0, 0.05) is 18.8 Å². The second kappa shape index (κ2) is 8.91. The zero-order valence-electron chi connectivity index (χ0n) is 14.3. The van der Waals surface area contributed by atoms with Gasteiger partial charge in [-0.2, -0.15) is 4.98 Å². The number of likely N-dealkylation sites (tertiary alicyclic amines) is 1. The third kappa shape index (κ3) is 7.50. The van der Waals surface area contributed by atoms with Gasteiger partial charge in [-0.3, -0.25) is 0 Å². The Morgan fingerprint density at radius 1 is 1.39 bits per heavy atom. The number of aromatic amines is 1. The van der Waals surface area contributed by atoms with E-state index in [0.29, 0.717) is 0 Å². The van der Waals surface area contributed by atoms with E-state index in [4.69, 9.17) is 16.3 Å². The van der Waals surface area contributed by atoms with Crippen molar-refractivity contribution in [2.75, 3.05) is 13.1 Å². The summed E-state index contributed by atoms with van der Waals surface area (Å²) in [4.78, 5) is 29.8. The number of nitrogens with one attached hydrogen (secondary N) is 1. The van der Waals surface area contributed by atoms with Crippen LogP contribution in [0.15, 0.2) is 10.9 Å². The van der Waals surface area contributed by atoms with Crippen LogP contribution in [0.25, 0.3) is 0 Å². The van der Waals surface area contributed by atoms with Crippen LogP contribution in [-0.2, 0) is 4.74 Å². The monoisotopic (exact) mass is 343 g/mol. The SMILES string of the molecule is CCC(C)(C)OC(=O)N1CCCCC1.Cc1cc(Cl)nc(=O)[nH]1. The normalized spacial score (nSPS) is 14.7. The van der Waals surface area contributed by atoms with Crippen molar-refractivity contribution in [1.29, 1.82) is 0 Å². The van der Waals surface area contributed by atoms with Gasteiger partial charge in [-0.1, -0.05) is 18.5 Å². The summed E-state index contributed by atoms with van der Waals surface area (Å²) in [5.41, 5.74) is -0.00543. The highest BCUT2D eigenvalue weighted by atomic mass is 35.5. The number of hydrogen-bond donors (Lipinski definition) is 1. The van der Waals surface area contributed by atoms with Gasteiger partial charge in [-0.05, 0) is 52.5 Å². The van der Waals surface area contributed by atoms with Crippen molar-refractivity contribution in [2.24, 2.45) is 0 Å². The lowest BCUT2D eigenvalue weighted by Crippen LogP contribution is -2.40. The fourth-order valence-corrected chi connectivity index (χ4v) is 2.23. The van der Waals surface area contributed by atoms with Crippen molar-refractivity contribution in [2.45, 2.75) is 59.0 Å². The van der Waals surface area contributed by atoms with Gasteiger partial charge in [0.25, 0.3) is 0 Å². The molecule has 0 aliphatic carbocycles. The minimum Gasteiger partial charge on any atom is -0.443 e. The van der Waals surface area contributed by atoms with Crippen LogP contribution in [0.5, 0.6) is 0 Å². The molecule has 1 aliphatic rings. The number of H-pyrrole nitrogens is 1. The Kier molecular flexibility index (Phi) is 7.55. The number of carbonyl (C=O) groups excluding carboxylic acids is 1. The molecule has 1 aromatic rings. The van der Waals surface area contributed by atoms with Gasteiger partial charge in [0.1, 0.15) is 10.8 Å². The Morgan fingerprint density at radius 3 is 2.48 bits per heavy atom. The first-order valence-electron chi connectivity index (χ1n) is 7.95. The first-order chi connectivity index (χ1) is 10.7. The maximum Gasteiger partial charge on any atom is 0.410 e. The summed E-state index contributed by atoms with van der Waals surface area (Å²) >= 11 is 5.42. The molecule has 1 saturated heterocycles. The fraction of sp³-hybridized carbons (Fsp3) is 0.688. The van der Waals surface area contributed by atoms with Crippen LogP contribution in [0.4, 0.5) is 4.79 Å². The van der Waals surface area contributed by atoms with Crippen molar-refractivity contribution in [3.63, 3.8) is 0 Å². The molecule has 130 valence electrons. The smallest absolute Gasteiger partial charge is 0.410 e. The zero-order valence-corrected chi connectivity index (χ0v) is 15.1. The number of rotatable bonds is 2. The summed E-state index contributed by atoms with van der Waals surface area (Å²) in [7, 11) is 0. The molecule has 2 heterocycles. The molecule has 0 spiro atoms. The minimum absolute atomic E-state index is 0.142. The number of aromatic nitrogens is 2. The summed E-state index contributed by atoms with van der Waals surface area (Å²) < 4.78 is 5.41. The Labute approximate surface area is 142 Å². The van der Waals surface area contributed by atoms with Crippen LogP contribution in [0.3, 0.4) is 0 Å². The Hall–Kier alpha value is -1.56. The molecule has 23 heavy (non-hydrogen) atoms. The molecule has 1 fully saturated rings. The van der Waals surface area contributed by atoms with Crippen LogP contribution < -0.4 is 5.69 Å². The van der Waals surface area contributed by atoms with E-state index < -0.39 is 5.69 Å². The number of hydrogen-bond acceptors (Lipinski definition) is 4. The van der Waals surface area contributed by atoms with Gasteiger partial charge >= 0.3 is 11.8 Å².